The van der Waals surface area contributed by atoms with Crippen molar-refractivity contribution in [2.75, 3.05) is 7.05 Å². The van der Waals surface area contributed by atoms with Gasteiger partial charge >= 0.3 is 0 Å². The molecule has 0 N–H and O–H groups in total. The molecule has 5 heteroatoms. The third kappa shape index (κ3) is 3.27. The highest BCUT2D eigenvalue weighted by molar-refractivity contribution is 7.15. The molecule has 0 radical (unpaired) electrons. The Morgan fingerprint density at radius 2 is 2.06 bits per heavy atom. The van der Waals surface area contributed by atoms with Crippen LogP contribution in [0.3, 0.4) is 0 Å². The first-order valence-corrected chi connectivity index (χ1v) is 6.11. The summed E-state index contributed by atoms with van der Waals surface area (Å²) in [6.07, 6.45) is 5.45. The summed E-state index contributed by atoms with van der Waals surface area (Å²) in [4.78, 5) is 11.4. The minimum Gasteiger partial charge on any atom is -0.297 e. The maximum atomic E-state index is 5.78. The zero-order chi connectivity index (χ0) is 11.4. The highest BCUT2D eigenvalue weighted by atomic mass is 35.5. The molecule has 0 saturated carbocycles. The van der Waals surface area contributed by atoms with Gasteiger partial charge in [0.25, 0.3) is 0 Å². The van der Waals surface area contributed by atoms with Crippen LogP contribution in [0.25, 0.3) is 0 Å². The van der Waals surface area contributed by atoms with Gasteiger partial charge in [0.1, 0.15) is 0 Å². The summed E-state index contributed by atoms with van der Waals surface area (Å²) in [5.74, 6) is 0. The molecule has 0 aromatic carbocycles. The SMILES string of the molecule is CN(Cc1ccncc1)Cc1cnc(Cl)s1. The molecule has 0 spiro atoms. The van der Waals surface area contributed by atoms with Crippen molar-refractivity contribution in [1.82, 2.24) is 14.9 Å². The van der Waals surface area contributed by atoms with E-state index in [-0.39, 0.29) is 0 Å². The van der Waals surface area contributed by atoms with Crippen molar-refractivity contribution in [2.45, 2.75) is 13.1 Å². The van der Waals surface area contributed by atoms with Crippen LogP contribution in [0.1, 0.15) is 10.4 Å². The number of hydrogen-bond acceptors (Lipinski definition) is 4. The van der Waals surface area contributed by atoms with Gasteiger partial charge in [-0.15, -0.1) is 11.3 Å². The van der Waals surface area contributed by atoms with Crippen molar-refractivity contribution in [2.24, 2.45) is 0 Å². The maximum absolute atomic E-state index is 5.78. The van der Waals surface area contributed by atoms with E-state index in [1.165, 1.54) is 21.8 Å². The lowest BCUT2D eigenvalue weighted by molar-refractivity contribution is 0.321. The Bertz CT molecular complexity index is 444. The number of pyridine rings is 1. The number of rotatable bonds is 4. The minimum atomic E-state index is 0.604. The Hall–Kier alpha value is -0.970. The van der Waals surface area contributed by atoms with Gasteiger partial charge in [0.15, 0.2) is 4.47 Å². The third-order valence-corrected chi connectivity index (χ3v) is 3.25. The molecule has 0 aliphatic carbocycles. The highest BCUT2D eigenvalue weighted by Crippen LogP contribution is 2.19. The lowest BCUT2D eigenvalue weighted by Gasteiger charge is -2.14. The van der Waals surface area contributed by atoms with Crippen LogP contribution in [0, 0.1) is 0 Å². The molecule has 0 aliphatic heterocycles. The van der Waals surface area contributed by atoms with E-state index in [0.717, 1.165) is 13.1 Å². The molecule has 84 valence electrons. The first-order chi connectivity index (χ1) is 7.74. The van der Waals surface area contributed by atoms with Crippen molar-refractivity contribution in [3.05, 3.63) is 45.6 Å². The molecule has 0 bridgehead atoms. The Kier molecular flexibility index (Phi) is 3.88. The largest absolute Gasteiger partial charge is 0.297 e. The van der Waals surface area contributed by atoms with E-state index in [1.54, 1.807) is 0 Å². The summed E-state index contributed by atoms with van der Waals surface area (Å²) in [6.45, 7) is 1.77. The predicted octanol–water partition coefficient (Wildman–Crippen LogP) is 2.82. The number of hydrogen-bond donors (Lipinski definition) is 0. The fourth-order valence-electron chi connectivity index (χ4n) is 1.48. The molecule has 2 rings (SSSR count). The molecule has 0 unspecified atom stereocenters. The van der Waals surface area contributed by atoms with Crippen LogP contribution in [0.5, 0.6) is 0 Å². The van der Waals surface area contributed by atoms with Crippen molar-refractivity contribution < 1.29 is 0 Å². The second kappa shape index (κ2) is 5.39. The van der Waals surface area contributed by atoms with E-state index in [4.69, 9.17) is 11.6 Å². The number of halogens is 1. The fraction of sp³-hybridized carbons (Fsp3) is 0.273. The monoisotopic (exact) mass is 253 g/mol. The van der Waals surface area contributed by atoms with E-state index >= 15 is 0 Å². The second-order valence-corrected chi connectivity index (χ2v) is 5.30. The summed E-state index contributed by atoms with van der Waals surface area (Å²) >= 11 is 7.31. The van der Waals surface area contributed by atoms with Crippen LogP contribution in [0.15, 0.2) is 30.7 Å². The lowest BCUT2D eigenvalue weighted by atomic mass is 10.2. The Balaban J connectivity index is 1.92. The summed E-state index contributed by atoms with van der Waals surface area (Å²) in [6, 6.07) is 4.05. The van der Waals surface area contributed by atoms with E-state index < -0.39 is 0 Å². The number of aromatic nitrogens is 2. The molecule has 3 nitrogen and oxygen atoms in total. The summed E-state index contributed by atoms with van der Waals surface area (Å²) < 4.78 is 0.604. The molecule has 0 saturated heterocycles. The molecular formula is C11H12ClN3S. The number of nitrogens with zero attached hydrogens (tertiary/aromatic N) is 3. The molecule has 0 fully saturated rings. The average Bonchev–Trinajstić information content (AvgIpc) is 2.65. The minimum absolute atomic E-state index is 0.604. The van der Waals surface area contributed by atoms with Gasteiger partial charge in [-0.1, -0.05) is 11.6 Å². The standard InChI is InChI=1S/C11H12ClN3S/c1-15(7-9-2-4-13-5-3-9)8-10-6-14-11(12)16-10/h2-6H,7-8H2,1H3. The van der Waals surface area contributed by atoms with Crippen LogP contribution in [-0.2, 0) is 13.1 Å². The molecule has 2 aromatic heterocycles. The van der Waals surface area contributed by atoms with Gasteiger partial charge in [0.05, 0.1) is 0 Å². The molecule has 2 aromatic rings. The van der Waals surface area contributed by atoms with E-state index in [1.807, 2.05) is 30.7 Å². The van der Waals surface area contributed by atoms with Crippen molar-refractivity contribution in [1.29, 1.82) is 0 Å². The van der Waals surface area contributed by atoms with E-state index in [9.17, 15) is 0 Å². The molecule has 16 heavy (non-hydrogen) atoms. The average molecular weight is 254 g/mol. The third-order valence-electron chi connectivity index (χ3n) is 2.15. The van der Waals surface area contributed by atoms with Gasteiger partial charge in [0.2, 0.25) is 0 Å². The second-order valence-electron chi connectivity index (χ2n) is 3.61. The van der Waals surface area contributed by atoms with E-state index in [2.05, 4.69) is 21.9 Å². The van der Waals surface area contributed by atoms with Crippen molar-refractivity contribution >= 4 is 22.9 Å². The van der Waals surface area contributed by atoms with Crippen LogP contribution >= 0.6 is 22.9 Å². The van der Waals surface area contributed by atoms with Crippen LogP contribution < -0.4 is 0 Å². The molecule has 2 heterocycles. The zero-order valence-corrected chi connectivity index (χ0v) is 10.5. The summed E-state index contributed by atoms with van der Waals surface area (Å²) in [5.41, 5.74) is 1.26. The molecular weight excluding hydrogens is 242 g/mol. The number of thiazole rings is 1. The van der Waals surface area contributed by atoms with Gasteiger partial charge < -0.3 is 0 Å². The van der Waals surface area contributed by atoms with Crippen molar-refractivity contribution in [3.8, 4) is 0 Å². The summed E-state index contributed by atoms with van der Waals surface area (Å²) in [5, 5.41) is 0. The molecule has 0 amide bonds. The normalized spacial score (nSPS) is 10.9. The molecule has 0 aliphatic rings. The maximum Gasteiger partial charge on any atom is 0.183 e. The van der Waals surface area contributed by atoms with Gasteiger partial charge in [0, 0.05) is 36.6 Å². The van der Waals surface area contributed by atoms with Gasteiger partial charge in [-0.2, -0.15) is 0 Å². The Morgan fingerprint density at radius 1 is 1.31 bits per heavy atom. The first-order valence-electron chi connectivity index (χ1n) is 4.91. The van der Waals surface area contributed by atoms with Crippen LogP contribution in [-0.4, -0.2) is 21.9 Å². The summed E-state index contributed by atoms with van der Waals surface area (Å²) in [7, 11) is 2.08. The van der Waals surface area contributed by atoms with Gasteiger partial charge in [-0.25, -0.2) is 4.98 Å². The van der Waals surface area contributed by atoms with Crippen LogP contribution in [0.2, 0.25) is 4.47 Å². The first kappa shape index (κ1) is 11.5. The quantitative estimate of drug-likeness (QED) is 0.839. The lowest BCUT2D eigenvalue weighted by Crippen LogP contribution is -2.16. The zero-order valence-electron chi connectivity index (χ0n) is 8.93. The van der Waals surface area contributed by atoms with Crippen molar-refractivity contribution in [3.63, 3.8) is 0 Å². The van der Waals surface area contributed by atoms with Gasteiger partial charge in [-0.05, 0) is 24.7 Å². The predicted molar refractivity (Wildman–Crippen MR) is 66.5 cm³/mol. The smallest absolute Gasteiger partial charge is 0.183 e. The highest BCUT2D eigenvalue weighted by Gasteiger charge is 2.04. The van der Waals surface area contributed by atoms with Crippen LogP contribution in [0.4, 0.5) is 0 Å². The molecule has 0 atom stereocenters. The topological polar surface area (TPSA) is 29.0 Å². The van der Waals surface area contributed by atoms with E-state index in [0.29, 0.717) is 4.47 Å². The van der Waals surface area contributed by atoms with Gasteiger partial charge in [-0.3, -0.25) is 9.88 Å². The fourth-order valence-corrected chi connectivity index (χ4v) is 2.54. The Morgan fingerprint density at radius 3 is 2.69 bits per heavy atom. The Labute approximate surface area is 104 Å².